The molecule has 2 aromatic heterocycles. The number of alkyl halides is 1. The van der Waals surface area contributed by atoms with Gasteiger partial charge in [0, 0.05) is 67.3 Å². The number of aromatic nitrogens is 2. The molecule has 1 N–H and O–H groups in total. The molecule has 53 heavy (non-hydrogen) atoms. The molecule has 4 heterocycles. The first kappa shape index (κ1) is 35.6. The van der Waals surface area contributed by atoms with Crippen molar-refractivity contribution in [1.82, 2.24) is 15.3 Å². The van der Waals surface area contributed by atoms with Crippen LogP contribution >= 0.6 is 34.8 Å². The molecule has 0 bridgehead atoms. The van der Waals surface area contributed by atoms with Crippen molar-refractivity contribution in [3.63, 3.8) is 0 Å². The minimum absolute atomic E-state index is 0.0435. The Kier molecular flexibility index (Phi) is 11.0. The minimum Gasteiger partial charge on any atom is -0.356 e. The summed E-state index contributed by atoms with van der Waals surface area (Å²) in [5.41, 5.74) is 7.76. The zero-order valence-electron chi connectivity index (χ0n) is 30.0. The molecule has 4 aromatic carbocycles. The number of carbonyl (C=O) groups is 2. The lowest BCUT2D eigenvalue weighted by Crippen LogP contribution is -2.30. The first-order valence-corrected chi connectivity index (χ1v) is 19.0. The summed E-state index contributed by atoms with van der Waals surface area (Å²) in [4.78, 5) is 37.5. The summed E-state index contributed by atoms with van der Waals surface area (Å²) in [6.07, 6.45) is 7.82. The predicted octanol–water partition coefficient (Wildman–Crippen LogP) is 11.2. The number of hydrogen-bond donors (Lipinski definition) is 1. The molecule has 10 heteroatoms. The third kappa shape index (κ3) is 7.16. The van der Waals surface area contributed by atoms with Gasteiger partial charge >= 0.3 is 0 Å². The second-order valence-corrected chi connectivity index (χ2v) is 14.5. The van der Waals surface area contributed by atoms with Crippen LogP contribution in [0.25, 0.3) is 44.1 Å². The van der Waals surface area contributed by atoms with Gasteiger partial charge in [-0.2, -0.15) is 0 Å². The van der Waals surface area contributed by atoms with E-state index in [9.17, 15) is 14.0 Å². The number of rotatable bonds is 1. The number of piperidine rings is 2. The second-order valence-electron chi connectivity index (χ2n) is 13.3. The van der Waals surface area contributed by atoms with Crippen LogP contribution in [0.15, 0.2) is 84.9 Å². The van der Waals surface area contributed by atoms with Gasteiger partial charge < -0.3 is 10.2 Å². The normalized spacial score (nSPS) is 15.5. The van der Waals surface area contributed by atoms with Gasteiger partial charge in [-0.15, -0.1) is 0 Å². The number of halogens is 4. The maximum atomic E-state index is 13.2. The molecule has 0 saturated carbocycles. The van der Waals surface area contributed by atoms with Crippen LogP contribution in [0.5, 0.6) is 0 Å². The summed E-state index contributed by atoms with van der Waals surface area (Å²) in [5, 5.41) is 6.52. The molecule has 0 atom stereocenters. The van der Waals surface area contributed by atoms with Crippen LogP contribution < -0.4 is 10.2 Å². The van der Waals surface area contributed by atoms with E-state index in [1.165, 1.54) is 51.6 Å². The number of ketones is 2. The van der Waals surface area contributed by atoms with E-state index in [1.807, 2.05) is 66.7 Å². The van der Waals surface area contributed by atoms with Crippen molar-refractivity contribution in [2.45, 2.75) is 38.5 Å². The predicted molar refractivity (Wildman–Crippen MR) is 216 cm³/mol. The van der Waals surface area contributed by atoms with Crippen molar-refractivity contribution in [1.29, 1.82) is 0 Å². The molecule has 2 aliphatic heterocycles. The molecule has 0 unspecified atom stereocenters. The van der Waals surface area contributed by atoms with E-state index in [0.29, 0.717) is 37.5 Å². The minimum atomic E-state index is -1.00. The average Bonchev–Trinajstić information content (AvgIpc) is 3.67. The Morgan fingerprint density at radius 2 is 1.11 bits per heavy atom. The second kappa shape index (κ2) is 16.3. The van der Waals surface area contributed by atoms with Crippen LogP contribution in [0.2, 0.25) is 15.2 Å². The van der Waals surface area contributed by atoms with Crippen LogP contribution in [-0.2, 0) is 0 Å². The maximum Gasteiger partial charge on any atom is 0.195 e. The van der Waals surface area contributed by atoms with E-state index in [4.69, 9.17) is 41.2 Å². The number of para-hydroxylation sites is 2. The van der Waals surface area contributed by atoms with Crippen LogP contribution in [0.1, 0.15) is 71.7 Å². The Morgan fingerprint density at radius 3 is 1.64 bits per heavy atom. The lowest BCUT2D eigenvalue weighted by Gasteiger charge is -2.30. The fourth-order valence-electron chi connectivity index (χ4n) is 7.60. The number of pyridine rings is 2. The van der Waals surface area contributed by atoms with Crippen molar-refractivity contribution < 1.29 is 15.4 Å². The van der Waals surface area contributed by atoms with Crippen molar-refractivity contribution in [2.24, 2.45) is 0 Å². The fourth-order valence-corrected chi connectivity index (χ4v) is 8.24. The van der Waals surface area contributed by atoms with E-state index in [-0.39, 0.29) is 11.6 Å². The van der Waals surface area contributed by atoms with E-state index in [0.717, 1.165) is 63.0 Å². The van der Waals surface area contributed by atoms with Gasteiger partial charge in [-0.05, 0) is 92.7 Å². The zero-order chi connectivity index (χ0) is 37.8. The number of anilines is 1. The van der Waals surface area contributed by atoms with Gasteiger partial charge in [-0.25, -0.2) is 9.97 Å². The number of hydrogen-bond acceptors (Lipinski definition) is 6. The first-order chi connectivity index (χ1) is 26.3. The number of carbonyl (C=O) groups excluding carboxylic acids is 2. The summed E-state index contributed by atoms with van der Waals surface area (Å²) >= 11 is 18.4. The quantitative estimate of drug-likeness (QED) is 0.168. The number of benzene rings is 4. The largest absolute Gasteiger partial charge is 0.356 e. The van der Waals surface area contributed by atoms with E-state index in [1.54, 1.807) is 18.2 Å². The highest BCUT2D eigenvalue weighted by atomic mass is 35.5. The monoisotopic (exact) mass is 767 g/mol. The van der Waals surface area contributed by atoms with Crippen molar-refractivity contribution in [3.05, 3.63) is 122 Å². The fraction of sp³-hybridized carbons (Fsp3) is 0.256. The summed E-state index contributed by atoms with van der Waals surface area (Å²) < 4.78 is 15.5. The highest BCUT2D eigenvalue weighted by Crippen LogP contribution is 2.47. The molecule has 10 rings (SSSR count). The Balaban J connectivity index is 0.000000138. The van der Waals surface area contributed by atoms with Crippen LogP contribution in [-0.4, -0.2) is 54.9 Å². The van der Waals surface area contributed by atoms with Gasteiger partial charge in [0.2, 0.25) is 0 Å². The lowest BCUT2D eigenvalue weighted by molar-refractivity contribution is 0.103. The lowest BCUT2D eigenvalue weighted by atomic mass is 10.0. The third-order valence-electron chi connectivity index (χ3n) is 10.0. The number of nitrogens with one attached hydrogen (secondary N) is 1. The molecule has 6 nitrogen and oxygen atoms in total. The average molecular weight is 769 g/mol. The first-order valence-electron chi connectivity index (χ1n) is 18.5. The summed E-state index contributed by atoms with van der Waals surface area (Å²) in [5.74, 6) is 0.963. The van der Waals surface area contributed by atoms with Gasteiger partial charge in [-0.3, -0.25) is 14.0 Å². The smallest absolute Gasteiger partial charge is 0.195 e. The van der Waals surface area contributed by atoms with Crippen molar-refractivity contribution in [2.75, 3.05) is 38.2 Å². The van der Waals surface area contributed by atoms with Crippen LogP contribution in [0.3, 0.4) is 0 Å². The molecule has 2 saturated heterocycles. The summed E-state index contributed by atoms with van der Waals surface area (Å²) in [6, 6.07) is 26.3. The molecular weight excluding hydrogens is 730 g/mol. The van der Waals surface area contributed by atoms with Crippen LogP contribution in [0, 0.1) is 0 Å². The molecule has 6 aromatic rings. The SMILES string of the molecule is C1CCNCC1.O=C1c2cc(Cl)ccc2-c2c(Cl)nc3ccccc3c21.O=C1c2cc(Cl)ccc2-c2c(N3CCCCC3)nc3ccccc3c21.[2H]CF. The Hall–Kier alpha value is -4.40. The van der Waals surface area contributed by atoms with E-state index in [2.05, 4.69) is 15.2 Å². The molecule has 0 amide bonds. The van der Waals surface area contributed by atoms with Gasteiger partial charge in [-0.1, -0.05) is 89.8 Å². The standard InChI is InChI=1S/C21H17ClN2O.C16H7Cl2NO.C5H11N.CH3F/c22-13-8-9-14-16(12-13)20(25)18-15-6-2-3-7-17(15)23-21(19(14)18)24-10-4-1-5-11-24;17-8-5-6-9-11(7-8)15(20)13-10-3-1-2-4-12(10)19-16(18)14(9)13;1-2-4-6-5-3-1;1-2/h2-3,6-9,12H,1,4-5,10-11H2;1-7H;6H,1-5H2;1H3/i;;;1D. The third-order valence-corrected chi connectivity index (χ3v) is 10.8. The van der Waals surface area contributed by atoms with Gasteiger partial charge in [0.1, 0.15) is 11.0 Å². The summed E-state index contributed by atoms with van der Waals surface area (Å²) in [7, 11) is -1.00. The Labute approximate surface area is 324 Å². The Morgan fingerprint density at radius 1 is 0.623 bits per heavy atom. The molecule has 2 aliphatic carbocycles. The molecular formula is C43H38Cl3FN4O2. The highest BCUT2D eigenvalue weighted by Gasteiger charge is 2.34. The number of nitrogens with zero attached hydrogens (tertiary/aromatic N) is 3. The molecule has 2 fully saturated rings. The van der Waals surface area contributed by atoms with Gasteiger partial charge in [0.15, 0.2) is 11.6 Å². The van der Waals surface area contributed by atoms with Gasteiger partial charge in [0.25, 0.3) is 0 Å². The van der Waals surface area contributed by atoms with E-state index < -0.39 is 7.15 Å². The van der Waals surface area contributed by atoms with Crippen molar-refractivity contribution in [3.8, 4) is 22.3 Å². The zero-order valence-corrected chi connectivity index (χ0v) is 31.3. The van der Waals surface area contributed by atoms with Crippen molar-refractivity contribution >= 4 is 74.0 Å². The molecule has 0 radical (unpaired) electrons. The topological polar surface area (TPSA) is 75.2 Å². The highest BCUT2D eigenvalue weighted by molar-refractivity contribution is 6.39. The van der Waals surface area contributed by atoms with Crippen LogP contribution in [0.4, 0.5) is 10.2 Å². The molecule has 4 aliphatic rings. The summed E-state index contributed by atoms with van der Waals surface area (Å²) in [6.45, 7) is 4.49. The van der Waals surface area contributed by atoms with Gasteiger partial charge in [0.05, 0.1) is 19.6 Å². The number of fused-ring (bicyclic) bond motifs is 10. The Bertz CT molecular complexity index is 2370. The maximum absolute atomic E-state index is 13.2. The van der Waals surface area contributed by atoms with E-state index >= 15 is 0 Å². The molecule has 0 spiro atoms. The molecule has 270 valence electrons.